The van der Waals surface area contributed by atoms with Gasteiger partial charge in [-0.2, -0.15) is 0 Å². The van der Waals surface area contributed by atoms with Crippen molar-refractivity contribution in [2.45, 2.75) is 39.4 Å². The zero-order valence-electron chi connectivity index (χ0n) is 19.7. The Morgan fingerprint density at radius 1 is 1.09 bits per heavy atom. The maximum absolute atomic E-state index is 13.1. The standard InChI is InChI=1S/C25H29ClN4O5/c1-16-8-9-30(29-13-17-4-3-5-21(10-17)35-2)24(32)22(16)12-23(31)27-15-19-11-20(26)7-6-18(19)14-28-25(33)34/h3-7,10-11,28-29H,8-9,12-15H2,1-2H3,(H,27,31)(H,33,34). The van der Waals surface area contributed by atoms with E-state index < -0.39 is 6.09 Å². The highest BCUT2D eigenvalue weighted by molar-refractivity contribution is 6.30. The van der Waals surface area contributed by atoms with Gasteiger partial charge in [0.25, 0.3) is 5.91 Å². The molecule has 3 amide bonds. The van der Waals surface area contributed by atoms with E-state index >= 15 is 0 Å². The van der Waals surface area contributed by atoms with Gasteiger partial charge >= 0.3 is 6.09 Å². The third kappa shape index (κ3) is 7.46. The van der Waals surface area contributed by atoms with E-state index in [1.165, 1.54) is 0 Å². The second kappa shape index (κ2) is 12.2. The van der Waals surface area contributed by atoms with Gasteiger partial charge in [-0.3, -0.25) is 14.6 Å². The molecule has 0 aromatic heterocycles. The van der Waals surface area contributed by atoms with Crippen LogP contribution < -0.4 is 20.8 Å². The van der Waals surface area contributed by atoms with Crippen molar-refractivity contribution in [3.05, 3.63) is 75.3 Å². The Balaban J connectivity index is 1.58. The first-order valence-corrected chi connectivity index (χ1v) is 11.5. The predicted octanol–water partition coefficient (Wildman–Crippen LogP) is 3.38. The van der Waals surface area contributed by atoms with E-state index in [9.17, 15) is 14.4 Å². The van der Waals surface area contributed by atoms with Crippen LogP contribution in [-0.2, 0) is 29.2 Å². The molecule has 9 nitrogen and oxygen atoms in total. The second-order valence-corrected chi connectivity index (χ2v) is 8.61. The predicted molar refractivity (Wildman–Crippen MR) is 132 cm³/mol. The number of amides is 3. The fourth-order valence-corrected chi connectivity index (χ4v) is 3.94. The summed E-state index contributed by atoms with van der Waals surface area (Å²) in [5.74, 6) is 0.212. The number of nitrogens with one attached hydrogen (secondary N) is 3. The fourth-order valence-electron chi connectivity index (χ4n) is 3.74. The molecule has 1 aliphatic heterocycles. The first-order valence-electron chi connectivity index (χ1n) is 11.1. The van der Waals surface area contributed by atoms with E-state index in [0.29, 0.717) is 41.2 Å². The molecule has 10 heteroatoms. The molecule has 1 aliphatic rings. The van der Waals surface area contributed by atoms with Crippen molar-refractivity contribution in [2.75, 3.05) is 13.7 Å². The highest BCUT2D eigenvalue weighted by Gasteiger charge is 2.26. The fraction of sp³-hybridized carbons (Fsp3) is 0.320. The van der Waals surface area contributed by atoms with Crippen LogP contribution in [0.3, 0.4) is 0 Å². The topological polar surface area (TPSA) is 120 Å². The summed E-state index contributed by atoms with van der Waals surface area (Å²) >= 11 is 6.07. The van der Waals surface area contributed by atoms with E-state index in [2.05, 4.69) is 16.1 Å². The van der Waals surface area contributed by atoms with Gasteiger partial charge in [0.15, 0.2) is 0 Å². The van der Waals surface area contributed by atoms with Crippen molar-refractivity contribution in [1.82, 2.24) is 21.1 Å². The van der Waals surface area contributed by atoms with Crippen LogP contribution in [-0.4, -0.2) is 41.7 Å². The Hall–Kier alpha value is -3.56. The normalized spacial score (nSPS) is 13.6. The molecule has 0 spiro atoms. The second-order valence-electron chi connectivity index (χ2n) is 8.18. The number of hydrazine groups is 1. The summed E-state index contributed by atoms with van der Waals surface area (Å²) in [4.78, 5) is 36.6. The molecule has 2 aromatic rings. The van der Waals surface area contributed by atoms with Crippen LogP contribution in [0.5, 0.6) is 5.75 Å². The smallest absolute Gasteiger partial charge is 0.404 e. The van der Waals surface area contributed by atoms with Crippen LogP contribution in [0.15, 0.2) is 53.6 Å². The molecule has 0 radical (unpaired) electrons. The van der Waals surface area contributed by atoms with E-state index in [1.807, 2.05) is 31.2 Å². The Labute approximate surface area is 209 Å². The molecule has 0 unspecified atom stereocenters. The Morgan fingerprint density at radius 2 is 1.86 bits per heavy atom. The summed E-state index contributed by atoms with van der Waals surface area (Å²) in [6.07, 6.45) is -0.526. The minimum absolute atomic E-state index is 0.0503. The number of nitrogens with zero attached hydrogens (tertiary/aromatic N) is 1. The van der Waals surface area contributed by atoms with Crippen molar-refractivity contribution < 1.29 is 24.2 Å². The van der Waals surface area contributed by atoms with Crippen LogP contribution in [0.1, 0.15) is 36.5 Å². The number of rotatable bonds is 10. The Morgan fingerprint density at radius 3 is 2.60 bits per heavy atom. The number of carboxylic acid groups (broad SMARTS) is 1. The van der Waals surface area contributed by atoms with Gasteiger partial charge in [-0.25, -0.2) is 10.2 Å². The lowest BCUT2D eigenvalue weighted by Gasteiger charge is -2.30. The average Bonchev–Trinajstić information content (AvgIpc) is 2.84. The first kappa shape index (κ1) is 26.1. The maximum Gasteiger partial charge on any atom is 0.404 e. The quantitative estimate of drug-likeness (QED) is 0.397. The lowest BCUT2D eigenvalue weighted by atomic mass is 9.98. The molecule has 0 bridgehead atoms. The molecular formula is C25H29ClN4O5. The molecule has 1 heterocycles. The summed E-state index contributed by atoms with van der Waals surface area (Å²) in [6, 6.07) is 12.6. The van der Waals surface area contributed by atoms with Gasteiger partial charge < -0.3 is 20.5 Å². The zero-order chi connectivity index (χ0) is 25.4. The highest BCUT2D eigenvalue weighted by Crippen LogP contribution is 2.22. The number of carbonyl (C=O) groups excluding carboxylic acids is 2. The van der Waals surface area contributed by atoms with E-state index in [0.717, 1.165) is 16.9 Å². The first-order chi connectivity index (χ1) is 16.8. The van der Waals surface area contributed by atoms with Gasteiger partial charge in [-0.05, 0) is 54.3 Å². The monoisotopic (exact) mass is 500 g/mol. The third-order valence-electron chi connectivity index (χ3n) is 5.75. The minimum atomic E-state index is -1.14. The van der Waals surface area contributed by atoms with Crippen LogP contribution in [0.2, 0.25) is 5.02 Å². The largest absolute Gasteiger partial charge is 0.497 e. The van der Waals surface area contributed by atoms with Gasteiger partial charge in [0.1, 0.15) is 5.75 Å². The highest BCUT2D eigenvalue weighted by atomic mass is 35.5. The van der Waals surface area contributed by atoms with Crippen LogP contribution in [0.4, 0.5) is 4.79 Å². The summed E-state index contributed by atoms with van der Waals surface area (Å²) < 4.78 is 5.24. The lowest BCUT2D eigenvalue weighted by molar-refractivity contribution is -0.132. The van der Waals surface area contributed by atoms with E-state index in [-0.39, 0.29) is 31.3 Å². The number of halogens is 1. The van der Waals surface area contributed by atoms with E-state index in [4.69, 9.17) is 21.4 Å². The summed E-state index contributed by atoms with van der Waals surface area (Å²) in [7, 11) is 1.60. The van der Waals surface area contributed by atoms with Gasteiger partial charge in [0.2, 0.25) is 5.91 Å². The number of hydrogen-bond acceptors (Lipinski definition) is 5. The van der Waals surface area contributed by atoms with Gasteiger partial charge in [0, 0.05) is 36.8 Å². The molecule has 0 fully saturated rings. The number of carbonyl (C=O) groups is 3. The number of hydrogen-bond donors (Lipinski definition) is 4. The van der Waals surface area contributed by atoms with Crippen molar-refractivity contribution >= 4 is 29.5 Å². The van der Waals surface area contributed by atoms with Crippen LogP contribution >= 0.6 is 11.6 Å². The van der Waals surface area contributed by atoms with Crippen molar-refractivity contribution in [2.24, 2.45) is 0 Å². The van der Waals surface area contributed by atoms with Crippen molar-refractivity contribution in [1.29, 1.82) is 0 Å². The van der Waals surface area contributed by atoms with Crippen molar-refractivity contribution in [3.8, 4) is 5.75 Å². The molecule has 3 rings (SSSR count). The molecule has 0 atom stereocenters. The molecule has 4 N–H and O–H groups in total. The average molecular weight is 501 g/mol. The zero-order valence-corrected chi connectivity index (χ0v) is 20.4. The maximum atomic E-state index is 13.1. The van der Waals surface area contributed by atoms with Gasteiger partial charge in [0.05, 0.1) is 13.5 Å². The minimum Gasteiger partial charge on any atom is -0.497 e. The third-order valence-corrected chi connectivity index (χ3v) is 5.98. The molecule has 2 aromatic carbocycles. The molecule has 0 saturated heterocycles. The van der Waals surface area contributed by atoms with Gasteiger partial charge in [-0.15, -0.1) is 0 Å². The summed E-state index contributed by atoms with van der Waals surface area (Å²) in [6.45, 7) is 3.08. The molecule has 35 heavy (non-hydrogen) atoms. The van der Waals surface area contributed by atoms with Gasteiger partial charge in [-0.1, -0.05) is 35.4 Å². The number of methoxy groups -OCH3 is 1. The Kier molecular flexibility index (Phi) is 9.11. The lowest BCUT2D eigenvalue weighted by Crippen LogP contribution is -2.46. The molecule has 0 aliphatic carbocycles. The SMILES string of the molecule is COc1cccc(CNN2CCC(C)=C(CC(=O)NCc3cc(Cl)ccc3CNC(=O)O)C2=O)c1. The van der Waals surface area contributed by atoms with Crippen LogP contribution in [0, 0.1) is 0 Å². The molecular weight excluding hydrogens is 472 g/mol. The van der Waals surface area contributed by atoms with Crippen LogP contribution in [0.25, 0.3) is 0 Å². The summed E-state index contributed by atoms with van der Waals surface area (Å²) in [5, 5.41) is 16.0. The summed E-state index contributed by atoms with van der Waals surface area (Å²) in [5.41, 5.74) is 6.87. The molecule has 0 saturated carbocycles. The number of benzene rings is 2. The molecule has 186 valence electrons. The Bertz CT molecular complexity index is 1130. The van der Waals surface area contributed by atoms with E-state index in [1.54, 1.807) is 30.3 Å². The van der Waals surface area contributed by atoms with Crippen molar-refractivity contribution in [3.63, 3.8) is 0 Å². The number of ether oxygens (including phenoxy) is 1.